The summed E-state index contributed by atoms with van der Waals surface area (Å²) in [6.45, 7) is 3.46. The largest absolute Gasteiger partial charge is 0.399 e. The maximum Gasteiger partial charge on any atom is 0.262 e. The van der Waals surface area contributed by atoms with E-state index in [0.717, 1.165) is 10.2 Å². The number of carbonyl (C=O) groups excluding carboxylic acids is 1. The number of nitrogens with zero attached hydrogens (tertiary/aromatic N) is 3. The Labute approximate surface area is 127 Å². The fraction of sp³-hybridized carbons (Fsp3) is 0.267. The molecule has 1 heterocycles. The highest BCUT2D eigenvalue weighted by Gasteiger charge is 2.21. The zero-order valence-electron chi connectivity index (χ0n) is 12.8. The summed E-state index contributed by atoms with van der Waals surface area (Å²) in [4.78, 5) is 17.0. The number of hydrogen-bond donors (Lipinski definition) is 1. The summed E-state index contributed by atoms with van der Waals surface area (Å²) in [6, 6.07) is 5.38. The lowest BCUT2D eigenvalue weighted by Crippen LogP contribution is -2.16. The Bertz CT molecular complexity index is 737. The number of nitrogens with one attached hydrogen (secondary N) is 1. The maximum atomic E-state index is 14.0. The topological polar surface area (TPSA) is 68.5 Å². The molecule has 1 amide bonds. The van der Waals surface area contributed by atoms with Gasteiger partial charge in [-0.1, -0.05) is 17.3 Å². The molecular formula is C15H17FN4O2. The van der Waals surface area contributed by atoms with Gasteiger partial charge < -0.3 is 10.2 Å². The highest BCUT2D eigenvalue weighted by atomic mass is 19.1. The third-order valence-electron chi connectivity index (χ3n) is 3.24. The van der Waals surface area contributed by atoms with E-state index in [1.165, 1.54) is 20.4 Å². The average molecular weight is 304 g/mol. The molecule has 0 radical (unpaired) electrons. The molecule has 7 heteroatoms. The minimum Gasteiger partial charge on any atom is -0.399 e. The second-order valence-electron chi connectivity index (χ2n) is 4.78. The standard InChI is InChI=1S/C15H17FN4O2/c1-9-6-5-7-12(11(9)8-17-22-4)18-15(21)13-10(2)19-20(3)14(13)16/h5-8H,1-4H3,(H,18,21)/b17-8+. The van der Waals surface area contributed by atoms with Crippen LogP contribution in [0.1, 0.15) is 27.2 Å². The molecule has 22 heavy (non-hydrogen) atoms. The quantitative estimate of drug-likeness (QED) is 0.696. The number of amides is 1. The molecule has 0 aliphatic heterocycles. The van der Waals surface area contributed by atoms with Crippen molar-refractivity contribution in [1.82, 2.24) is 9.78 Å². The number of aryl methyl sites for hydroxylation is 3. The minimum atomic E-state index is -0.672. The van der Waals surface area contributed by atoms with Gasteiger partial charge in [0.2, 0.25) is 5.95 Å². The van der Waals surface area contributed by atoms with Crippen LogP contribution in [-0.4, -0.2) is 29.0 Å². The van der Waals surface area contributed by atoms with E-state index in [9.17, 15) is 9.18 Å². The van der Waals surface area contributed by atoms with Crippen molar-refractivity contribution < 1.29 is 14.0 Å². The molecule has 116 valence electrons. The van der Waals surface area contributed by atoms with E-state index in [2.05, 4.69) is 20.4 Å². The molecule has 0 saturated heterocycles. The van der Waals surface area contributed by atoms with E-state index in [-0.39, 0.29) is 5.56 Å². The predicted molar refractivity (Wildman–Crippen MR) is 81.6 cm³/mol. The van der Waals surface area contributed by atoms with E-state index >= 15 is 0 Å². The number of benzene rings is 1. The van der Waals surface area contributed by atoms with Crippen LogP contribution >= 0.6 is 0 Å². The average Bonchev–Trinajstić information content (AvgIpc) is 2.71. The summed E-state index contributed by atoms with van der Waals surface area (Å²) >= 11 is 0. The lowest BCUT2D eigenvalue weighted by Gasteiger charge is -2.10. The zero-order chi connectivity index (χ0) is 16.3. The van der Waals surface area contributed by atoms with Gasteiger partial charge in [0.05, 0.1) is 17.6 Å². The van der Waals surface area contributed by atoms with Gasteiger partial charge >= 0.3 is 0 Å². The van der Waals surface area contributed by atoms with Crippen LogP contribution in [0.3, 0.4) is 0 Å². The first-order valence-corrected chi connectivity index (χ1v) is 6.62. The molecule has 6 nitrogen and oxygen atoms in total. The second kappa shape index (κ2) is 6.38. The lowest BCUT2D eigenvalue weighted by atomic mass is 10.1. The van der Waals surface area contributed by atoms with Crippen molar-refractivity contribution >= 4 is 17.8 Å². The molecular weight excluding hydrogens is 287 g/mol. The molecule has 1 aromatic heterocycles. The molecule has 0 saturated carbocycles. The number of rotatable bonds is 4. The van der Waals surface area contributed by atoms with E-state index in [1.807, 2.05) is 13.0 Å². The highest BCUT2D eigenvalue weighted by molar-refractivity contribution is 6.07. The van der Waals surface area contributed by atoms with Crippen LogP contribution in [-0.2, 0) is 11.9 Å². The molecule has 2 aromatic rings. The normalized spacial score (nSPS) is 11.0. The van der Waals surface area contributed by atoms with Crippen LogP contribution in [0.15, 0.2) is 23.4 Å². The maximum absolute atomic E-state index is 14.0. The molecule has 1 aromatic carbocycles. The van der Waals surface area contributed by atoms with Crippen LogP contribution in [0.5, 0.6) is 0 Å². The van der Waals surface area contributed by atoms with Gasteiger partial charge in [-0.3, -0.25) is 4.79 Å². The van der Waals surface area contributed by atoms with Crippen molar-refractivity contribution in [1.29, 1.82) is 0 Å². The summed E-state index contributed by atoms with van der Waals surface area (Å²) in [7, 11) is 2.88. The summed E-state index contributed by atoms with van der Waals surface area (Å²) in [6.07, 6.45) is 1.50. The van der Waals surface area contributed by atoms with Crippen molar-refractivity contribution in [3.05, 3.63) is 46.5 Å². The lowest BCUT2D eigenvalue weighted by molar-refractivity contribution is 0.102. The Balaban J connectivity index is 2.37. The molecule has 0 atom stereocenters. The number of halogens is 1. The number of anilines is 1. The number of carbonyl (C=O) groups is 1. The Morgan fingerprint density at radius 3 is 2.77 bits per heavy atom. The van der Waals surface area contributed by atoms with Gasteiger partial charge in [0.15, 0.2) is 0 Å². The van der Waals surface area contributed by atoms with Crippen LogP contribution in [0.4, 0.5) is 10.1 Å². The first-order chi connectivity index (χ1) is 10.5. The van der Waals surface area contributed by atoms with Gasteiger partial charge in [0.25, 0.3) is 5.91 Å². The Hall–Kier alpha value is -2.70. The van der Waals surface area contributed by atoms with Crippen LogP contribution in [0, 0.1) is 19.8 Å². The van der Waals surface area contributed by atoms with Gasteiger partial charge in [-0.15, -0.1) is 0 Å². The highest BCUT2D eigenvalue weighted by Crippen LogP contribution is 2.20. The Morgan fingerprint density at radius 2 is 2.18 bits per heavy atom. The van der Waals surface area contributed by atoms with Crippen molar-refractivity contribution in [2.24, 2.45) is 12.2 Å². The molecule has 1 N–H and O–H groups in total. The van der Waals surface area contributed by atoms with Crippen LogP contribution < -0.4 is 5.32 Å². The smallest absolute Gasteiger partial charge is 0.262 e. The van der Waals surface area contributed by atoms with Crippen LogP contribution in [0.2, 0.25) is 0 Å². The molecule has 0 unspecified atom stereocenters. The summed E-state index contributed by atoms with van der Waals surface area (Å²) in [5, 5.41) is 10.3. The minimum absolute atomic E-state index is 0.0707. The summed E-state index contributed by atoms with van der Waals surface area (Å²) < 4.78 is 15.0. The Kier molecular flexibility index (Phi) is 4.55. The third kappa shape index (κ3) is 2.98. The fourth-order valence-corrected chi connectivity index (χ4v) is 2.14. The van der Waals surface area contributed by atoms with Crippen LogP contribution in [0.25, 0.3) is 0 Å². The Morgan fingerprint density at radius 1 is 1.45 bits per heavy atom. The van der Waals surface area contributed by atoms with Crippen molar-refractivity contribution in [3.8, 4) is 0 Å². The van der Waals surface area contributed by atoms with E-state index in [1.54, 1.807) is 19.1 Å². The van der Waals surface area contributed by atoms with Gasteiger partial charge in [0, 0.05) is 12.6 Å². The van der Waals surface area contributed by atoms with Gasteiger partial charge in [-0.2, -0.15) is 9.49 Å². The SMILES string of the molecule is CO/N=C/c1c(C)cccc1NC(=O)c1c(C)nn(C)c1F. The summed E-state index contributed by atoms with van der Waals surface area (Å²) in [5.41, 5.74) is 2.38. The number of aromatic nitrogens is 2. The molecule has 0 fully saturated rings. The first kappa shape index (κ1) is 15.7. The molecule has 0 aliphatic rings. The first-order valence-electron chi connectivity index (χ1n) is 6.62. The monoisotopic (exact) mass is 304 g/mol. The van der Waals surface area contributed by atoms with Crippen molar-refractivity contribution in [3.63, 3.8) is 0 Å². The van der Waals surface area contributed by atoms with Gasteiger partial charge in [-0.05, 0) is 25.5 Å². The predicted octanol–water partition coefficient (Wildman–Crippen LogP) is 2.41. The van der Waals surface area contributed by atoms with Gasteiger partial charge in [0.1, 0.15) is 12.7 Å². The third-order valence-corrected chi connectivity index (χ3v) is 3.24. The number of hydrogen-bond acceptors (Lipinski definition) is 4. The van der Waals surface area contributed by atoms with Crippen molar-refractivity contribution in [2.45, 2.75) is 13.8 Å². The fourth-order valence-electron chi connectivity index (χ4n) is 2.14. The molecule has 0 spiro atoms. The zero-order valence-corrected chi connectivity index (χ0v) is 12.8. The van der Waals surface area contributed by atoms with E-state index in [4.69, 9.17) is 0 Å². The molecule has 2 rings (SSSR count). The number of oxime groups is 1. The second-order valence-corrected chi connectivity index (χ2v) is 4.78. The van der Waals surface area contributed by atoms with Gasteiger partial charge in [-0.25, -0.2) is 4.68 Å². The van der Waals surface area contributed by atoms with Crippen molar-refractivity contribution in [2.75, 3.05) is 12.4 Å². The molecule has 0 bridgehead atoms. The van der Waals surface area contributed by atoms with E-state index in [0.29, 0.717) is 16.9 Å². The molecule has 0 aliphatic carbocycles. The van der Waals surface area contributed by atoms with E-state index < -0.39 is 11.9 Å². The summed E-state index contributed by atoms with van der Waals surface area (Å²) in [5.74, 6) is -1.23.